The third-order valence-corrected chi connectivity index (χ3v) is 8.03. The van der Waals surface area contributed by atoms with E-state index in [-0.39, 0.29) is 21.8 Å². The number of thioether (sulfide) groups is 1. The zero-order valence-corrected chi connectivity index (χ0v) is 18.3. The number of nitrogens with one attached hydrogen (secondary N) is 1. The predicted octanol–water partition coefficient (Wildman–Crippen LogP) is 3.45. The summed E-state index contributed by atoms with van der Waals surface area (Å²) < 4.78 is 32.6. The van der Waals surface area contributed by atoms with E-state index in [0.717, 1.165) is 0 Å². The number of anilines is 1. The van der Waals surface area contributed by atoms with E-state index in [9.17, 15) is 13.2 Å². The molecular formula is C21H26N2O4S2. The van der Waals surface area contributed by atoms with Gasteiger partial charge in [0, 0.05) is 24.0 Å². The average molecular weight is 435 g/mol. The van der Waals surface area contributed by atoms with Crippen molar-refractivity contribution in [2.45, 2.75) is 24.0 Å². The number of nitrogens with zero attached hydrogens (tertiary/aromatic N) is 1. The number of benzene rings is 2. The van der Waals surface area contributed by atoms with Crippen molar-refractivity contribution in [3.63, 3.8) is 0 Å². The molecule has 3 rings (SSSR count). The maximum absolute atomic E-state index is 13.0. The highest BCUT2D eigenvalue weighted by Gasteiger charge is 2.28. The molecule has 156 valence electrons. The van der Waals surface area contributed by atoms with Gasteiger partial charge in [0.25, 0.3) is 0 Å². The van der Waals surface area contributed by atoms with Gasteiger partial charge in [-0.05, 0) is 37.1 Å². The molecule has 0 aromatic heterocycles. The van der Waals surface area contributed by atoms with Gasteiger partial charge < -0.3 is 10.1 Å². The van der Waals surface area contributed by atoms with E-state index in [1.807, 2.05) is 30.3 Å². The first-order valence-electron chi connectivity index (χ1n) is 9.53. The first-order valence-corrected chi connectivity index (χ1v) is 12.0. The van der Waals surface area contributed by atoms with Gasteiger partial charge in [0.1, 0.15) is 0 Å². The van der Waals surface area contributed by atoms with E-state index in [4.69, 9.17) is 4.74 Å². The molecule has 1 N–H and O–H groups in total. The van der Waals surface area contributed by atoms with Gasteiger partial charge in [-0.2, -0.15) is 4.31 Å². The Bertz CT molecular complexity index is 942. The molecule has 0 aliphatic carbocycles. The minimum Gasteiger partial charge on any atom is -0.379 e. The first-order chi connectivity index (χ1) is 13.9. The van der Waals surface area contributed by atoms with Crippen LogP contribution in [-0.4, -0.2) is 50.7 Å². The smallest absolute Gasteiger partial charge is 0.243 e. The van der Waals surface area contributed by atoms with Crippen LogP contribution < -0.4 is 5.32 Å². The van der Waals surface area contributed by atoms with E-state index in [1.165, 1.54) is 9.87 Å². The van der Waals surface area contributed by atoms with Crippen LogP contribution in [0.3, 0.4) is 0 Å². The Hall–Kier alpha value is -1.87. The fourth-order valence-electron chi connectivity index (χ4n) is 3.10. The molecule has 29 heavy (non-hydrogen) atoms. The Morgan fingerprint density at radius 1 is 1.17 bits per heavy atom. The van der Waals surface area contributed by atoms with Crippen LogP contribution >= 0.6 is 11.8 Å². The van der Waals surface area contributed by atoms with Gasteiger partial charge in [0.15, 0.2) is 0 Å². The summed E-state index contributed by atoms with van der Waals surface area (Å²) in [4.78, 5) is 12.6. The second kappa shape index (κ2) is 9.75. The van der Waals surface area contributed by atoms with Crippen LogP contribution in [0, 0.1) is 6.92 Å². The van der Waals surface area contributed by atoms with Crippen molar-refractivity contribution in [1.29, 1.82) is 0 Å². The number of amides is 1. The number of hydrogen-bond acceptors (Lipinski definition) is 5. The molecule has 1 atom stereocenters. The molecular weight excluding hydrogens is 408 g/mol. The van der Waals surface area contributed by atoms with Crippen LogP contribution in [0.15, 0.2) is 53.4 Å². The van der Waals surface area contributed by atoms with E-state index < -0.39 is 10.0 Å². The largest absolute Gasteiger partial charge is 0.379 e. The minimum atomic E-state index is -3.62. The second-order valence-electron chi connectivity index (χ2n) is 6.91. The summed E-state index contributed by atoms with van der Waals surface area (Å²) in [5, 5.41) is 3.02. The normalized spacial score (nSPS) is 16.3. The molecule has 1 aliphatic heterocycles. The van der Waals surface area contributed by atoms with E-state index in [0.29, 0.717) is 37.6 Å². The van der Waals surface area contributed by atoms with Crippen LogP contribution in [0.1, 0.15) is 23.3 Å². The number of carbonyl (C=O) groups is 1. The minimum absolute atomic E-state index is 0.156. The summed E-state index contributed by atoms with van der Waals surface area (Å²) in [5.74, 6) is 0.131. The second-order valence-corrected chi connectivity index (χ2v) is 10.1. The molecule has 0 radical (unpaired) electrons. The summed E-state index contributed by atoms with van der Waals surface area (Å²) in [5.41, 5.74) is 2.31. The van der Waals surface area contributed by atoms with E-state index in [2.05, 4.69) is 12.2 Å². The number of morpholine rings is 1. The summed E-state index contributed by atoms with van der Waals surface area (Å²) in [7, 11) is -3.62. The molecule has 2 aromatic rings. The van der Waals surface area contributed by atoms with E-state index in [1.54, 1.807) is 36.9 Å². The SMILES string of the molecule is Cc1ccc(NC(=O)CS[C@@H](C)c2ccccc2)cc1S(=O)(=O)N1CCOCC1. The molecule has 1 aliphatic rings. The van der Waals surface area contributed by atoms with Crippen molar-refractivity contribution in [3.05, 3.63) is 59.7 Å². The average Bonchev–Trinajstić information content (AvgIpc) is 2.74. The summed E-state index contributed by atoms with van der Waals surface area (Å²) >= 11 is 1.54. The number of aryl methyl sites for hydroxylation is 1. The zero-order valence-electron chi connectivity index (χ0n) is 16.6. The zero-order chi connectivity index (χ0) is 20.9. The third-order valence-electron chi connectivity index (χ3n) is 4.79. The lowest BCUT2D eigenvalue weighted by Gasteiger charge is -2.26. The summed E-state index contributed by atoms with van der Waals surface area (Å²) in [6.07, 6.45) is 0. The number of hydrogen-bond donors (Lipinski definition) is 1. The van der Waals surface area contributed by atoms with Gasteiger partial charge in [0.2, 0.25) is 15.9 Å². The van der Waals surface area contributed by atoms with Crippen molar-refractivity contribution in [2.24, 2.45) is 0 Å². The van der Waals surface area contributed by atoms with Crippen LogP contribution in [-0.2, 0) is 19.6 Å². The molecule has 0 bridgehead atoms. The topological polar surface area (TPSA) is 75.7 Å². The van der Waals surface area contributed by atoms with Gasteiger partial charge in [-0.3, -0.25) is 4.79 Å². The Balaban J connectivity index is 1.65. The van der Waals surface area contributed by atoms with Crippen LogP contribution in [0.4, 0.5) is 5.69 Å². The van der Waals surface area contributed by atoms with Crippen molar-refractivity contribution in [2.75, 3.05) is 37.4 Å². The fraction of sp³-hybridized carbons (Fsp3) is 0.381. The van der Waals surface area contributed by atoms with Crippen molar-refractivity contribution in [3.8, 4) is 0 Å². The van der Waals surface area contributed by atoms with Gasteiger partial charge in [-0.1, -0.05) is 36.4 Å². The number of carbonyl (C=O) groups excluding carboxylic acids is 1. The Morgan fingerprint density at radius 2 is 1.86 bits per heavy atom. The molecule has 8 heteroatoms. The van der Waals surface area contributed by atoms with Crippen LogP contribution in [0.5, 0.6) is 0 Å². The van der Waals surface area contributed by atoms with Gasteiger partial charge >= 0.3 is 0 Å². The fourth-order valence-corrected chi connectivity index (χ4v) is 5.58. The summed E-state index contributed by atoms with van der Waals surface area (Å²) in [6.45, 7) is 5.29. The molecule has 0 spiro atoms. The molecule has 0 saturated carbocycles. The lowest BCUT2D eigenvalue weighted by molar-refractivity contribution is -0.113. The quantitative estimate of drug-likeness (QED) is 0.722. The van der Waals surface area contributed by atoms with Crippen LogP contribution in [0.25, 0.3) is 0 Å². The molecule has 0 unspecified atom stereocenters. The maximum Gasteiger partial charge on any atom is 0.243 e. The first kappa shape index (κ1) is 21.8. The van der Waals surface area contributed by atoms with Crippen molar-refractivity contribution in [1.82, 2.24) is 4.31 Å². The standard InChI is InChI=1S/C21H26N2O4S2/c1-16-8-9-19(14-20(16)29(25,26)23-10-12-27-13-11-23)22-21(24)15-28-17(2)18-6-4-3-5-7-18/h3-9,14,17H,10-13,15H2,1-2H3,(H,22,24)/t17-/m0/s1. The Morgan fingerprint density at radius 3 is 2.55 bits per heavy atom. The monoisotopic (exact) mass is 434 g/mol. The number of rotatable bonds is 7. The highest BCUT2D eigenvalue weighted by Crippen LogP contribution is 2.28. The molecule has 1 saturated heterocycles. The Kier molecular flexibility index (Phi) is 7.34. The highest BCUT2D eigenvalue weighted by molar-refractivity contribution is 8.00. The Labute approximate surface area is 176 Å². The lowest BCUT2D eigenvalue weighted by Crippen LogP contribution is -2.40. The highest BCUT2D eigenvalue weighted by atomic mass is 32.2. The van der Waals surface area contributed by atoms with E-state index >= 15 is 0 Å². The summed E-state index contributed by atoms with van der Waals surface area (Å²) in [6, 6.07) is 15.0. The molecule has 2 aromatic carbocycles. The number of ether oxygens (including phenoxy) is 1. The predicted molar refractivity (Wildman–Crippen MR) is 117 cm³/mol. The lowest BCUT2D eigenvalue weighted by atomic mass is 10.2. The molecule has 6 nitrogen and oxygen atoms in total. The van der Waals surface area contributed by atoms with Crippen molar-refractivity contribution >= 4 is 33.4 Å². The number of sulfonamides is 1. The third kappa shape index (κ3) is 5.60. The maximum atomic E-state index is 13.0. The molecule has 1 amide bonds. The van der Waals surface area contributed by atoms with Crippen molar-refractivity contribution < 1.29 is 17.9 Å². The van der Waals surface area contributed by atoms with Gasteiger partial charge in [-0.15, -0.1) is 11.8 Å². The molecule has 1 heterocycles. The molecule has 1 fully saturated rings. The van der Waals surface area contributed by atoms with Crippen LogP contribution in [0.2, 0.25) is 0 Å². The van der Waals surface area contributed by atoms with Gasteiger partial charge in [0.05, 0.1) is 23.9 Å². The van der Waals surface area contributed by atoms with Gasteiger partial charge in [-0.25, -0.2) is 8.42 Å².